The molecule has 2 aliphatic rings. The van der Waals surface area contributed by atoms with E-state index < -0.39 is 0 Å². The zero-order valence-corrected chi connectivity index (χ0v) is 17.7. The lowest BCUT2D eigenvalue weighted by molar-refractivity contribution is 0.584. The van der Waals surface area contributed by atoms with Gasteiger partial charge in [-0.15, -0.1) is 0 Å². The Bertz CT molecular complexity index is 576. The van der Waals surface area contributed by atoms with Gasteiger partial charge >= 0.3 is 0 Å². The molecule has 0 aromatic heterocycles. The van der Waals surface area contributed by atoms with Crippen LogP contribution in [-0.2, 0) is 6.54 Å². The molecule has 2 N–H and O–H groups in total. The average molecular weight is 393 g/mol. The van der Waals surface area contributed by atoms with Crippen molar-refractivity contribution >= 4 is 35.2 Å². The fourth-order valence-corrected chi connectivity index (χ4v) is 5.54. The summed E-state index contributed by atoms with van der Waals surface area (Å²) in [5, 5.41) is 6.92. The molecule has 2 heterocycles. The van der Waals surface area contributed by atoms with Crippen LogP contribution in [0.5, 0.6) is 0 Å². The van der Waals surface area contributed by atoms with E-state index in [4.69, 9.17) is 4.99 Å². The molecule has 0 spiro atoms. The Balaban J connectivity index is 1.54. The van der Waals surface area contributed by atoms with Crippen molar-refractivity contribution < 1.29 is 0 Å². The number of nitrogens with zero attached hydrogens (tertiary/aromatic N) is 2. The Hall–Kier alpha value is -1.01. The molecular weight excluding hydrogens is 360 g/mol. The number of hydrogen-bond donors (Lipinski definition) is 2. The van der Waals surface area contributed by atoms with Crippen molar-refractivity contribution in [3.63, 3.8) is 0 Å². The van der Waals surface area contributed by atoms with E-state index in [1.54, 1.807) is 0 Å². The first-order valence-electron chi connectivity index (χ1n) is 9.76. The highest BCUT2D eigenvalue weighted by atomic mass is 32.2. The molecule has 2 aliphatic heterocycles. The van der Waals surface area contributed by atoms with E-state index >= 15 is 0 Å². The van der Waals surface area contributed by atoms with Gasteiger partial charge in [-0.25, -0.2) is 4.99 Å². The summed E-state index contributed by atoms with van der Waals surface area (Å²) in [7, 11) is 0. The number of rotatable bonds is 6. The van der Waals surface area contributed by atoms with E-state index in [2.05, 4.69) is 77.2 Å². The summed E-state index contributed by atoms with van der Waals surface area (Å²) in [5.41, 5.74) is 2.60. The molecule has 26 heavy (non-hydrogen) atoms. The third-order valence-corrected chi connectivity index (χ3v) is 7.49. The highest BCUT2D eigenvalue weighted by Crippen LogP contribution is 2.36. The molecule has 2 saturated heterocycles. The van der Waals surface area contributed by atoms with Crippen molar-refractivity contribution in [1.82, 2.24) is 10.6 Å². The molecule has 0 amide bonds. The zero-order chi connectivity index (χ0) is 18.2. The fourth-order valence-electron chi connectivity index (χ4n) is 3.39. The van der Waals surface area contributed by atoms with Gasteiger partial charge in [-0.3, -0.25) is 0 Å². The Labute approximate surface area is 167 Å². The number of thioether (sulfide) groups is 2. The molecule has 1 unspecified atom stereocenters. The molecule has 3 rings (SSSR count). The van der Waals surface area contributed by atoms with Gasteiger partial charge in [0.15, 0.2) is 5.96 Å². The molecule has 2 fully saturated rings. The van der Waals surface area contributed by atoms with Crippen LogP contribution in [0.25, 0.3) is 0 Å². The van der Waals surface area contributed by atoms with Crippen LogP contribution in [-0.4, -0.2) is 54.1 Å². The zero-order valence-electron chi connectivity index (χ0n) is 16.1. The monoisotopic (exact) mass is 392 g/mol. The van der Waals surface area contributed by atoms with Crippen molar-refractivity contribution in [3.8, 4) is 0 Å². The largest absolute Gasteiger partial charge is 0.370 e. The lowest BCUT2D eigenvalue weighted by Crippen LogP contribution is -2.43. The highest BCUT2D eigenvalue weighted by Gasteiger charge is 2.29. The quantitative estimate of drug-likeness (QED) is 0.572. The van der Waals surface area contributed by atoms with Crippen LogP contribution in [0.15, 0.2) is 29.3 Å². The maximum atomic E-state index is 4.79. The van der Waals surface area contributed by atoms with Crippen LogP contribution < -0.4 is 15.5 Å². The molecule has 0 bridgehead atoms. The third-order valence-electron chi connectivity index (χ3n) is 5.01. The van der Waals surface area contributed by atoms with Crippen molar-refractivity contribution in [2.24, 2.45) is 4.99 Å². The minimum absolute atomic E-state index is 0.352. The first kappa shape index (κ1) is 19.7. The van der Waals surface area contributed by atoms with Gasteiger partial charge in [0.1, 0.15) is 0 Å². The summed E-state index contributed by atoms with van der Waals surface area (Å²) in [6, 6.07) is 8.94. The van der Waals surface area contributed by atoms with Crippen LogP contribution in [0.1, 0.15) is 32.3 Å². The van der Waals surface area contributed by atoms with Gasteiger partial charge in [0.25, 0.3) is 0 Å². The summed E-state index contributed by atoms with van der Waals surface area (Å²) < 4.78 is 0.352. The van der Waals surface area contributed by atoms with Gasteiger partial charge < -0.3 is 15.5 Å². The smallest absolute Gasteiger partial charge is 0.191 e. The Morgan fingerprint density at radius 1 is 1.15 bits per heavy atom. The van der Waals surface area contributed by atoms with E-state index in [9.17, 15) is 0 Å². The summed E-state index contributed by atoms with van der Waals surface area (Å²) >= 11 is 4.13. The molecule has 0 saturated carbocycles. The van der Waals surface area contributed by atoms with Gasteiger partial charge in [0.2, 0.25) is 0 Å². The summed E-state index contributed by atoms with van der Waals surface area (Å²) in [6.07, 6.45) is 2.62. The molecule has 0 radical (unpaired) electrons. The second-order valence-corrected chi connectivity index (χ2v) is 10.1. The molecule has 144 valence electrons. The second-order valence-electron chi connectivity index (χ2n) is 7.22. The number of benzene rings is 1. The average Bonchev–Trinajstić information content (AvgIpc) is 3.12. The standard InChI is InChI=1S/C20H32N4S2/c1-3-21-19(23-16-20(2)9-4-12-26-20)22-15-17-5-7-18(8-6-17)24-10-13-25-14-11-24/h5-8H,3-4,9-16H2,1-2H3,(H2,21,22,23). The molecule has 4 nitrogen and oxygen atoms in total. The van der Waals surface area contributed by atoms with E-state index in [1.807, 2.05) is 0 Å². The molecule has 0 aliphatic carbocycles. The first-order chi connectivity index (χ1) is 12.7. The lowest BCUT2D eigenvalue weighted by Gasteiger charge is -2.28. The predicted octanol–water partition coefficient (Wildman–Crippen LogP) is 3.58. The number of guanidine groups is 1. The molecular formula is C20H32N4S2. The maximum absolute atomic E-state index is 4.79. The van der Waals surface area contributed by atoms with Gasteiger partial charge in [0.05, 0.1) is 6.54 Å². The minimum Gasteiger partial charge on any atom is -0.370 e. The SMILES string of the molecule is CCNC(=NCc1ccc(N2CCSCC2)cc1)NCC1(C)CCCS1. The molecule has 1 atom stereocenters. The van der Waals surface area contributed by atoms with E-state index in [-0.39, 0.29) is 0 Å². The third kappa shape index (κ3) is 5.74. The molecule has 6 heteroatoms. The van der Waals surface area contributed by atoms with E-state index in [0.717, 1.165) is 38.7 Å². The van der Waals surface area contributed by atoms with Crippen molar-refractivity contribution in [3.05, 3.63) is 29.8 Å². The van der Waals surface area contributed by atoms with Gasteiger partial charge in [-0.05, 0) is 50.1 Å². The van der Waals surface area contributed by atoms with Crippen molar-refractivity contribution in [2.45, 2.75) is 38.0 Å². The Morgan fingerprint density at radius 2 is 1.92 bits per heavy atom. The van der Waals surface area contributed by atoms with Crippen LogP contribution >= 0.6 is 23.5 Å². The van der Waals surface area contributed by atoms with Crippen molar-refractivity contribution in [1.29, 1.82) is 0 Å². The fraction of sp³-hybridized carbons (Fsp3) is 0.650. The Kier molecular flexibility index (Phi) is 7.43. The van der Waals surface area contributed by atoms with Gasteiger partial charge in [-0.1, -0.05) is 12.1 Å². The normalized spacial score (nSPS) is 23.9. The van der Waals surface area contributed by atoms with Crippen LogP contribution in [0.2, 0.25) is 0 Å². The Morgan fingerprint density at radius 3 is 2.58 bits per heavy atom. The molecule has 1 aromatic rings. The molecule has 1 aromatic carbocycles. The van der Waals surface area contributed by atoms with Gasteiger partial charge in [-0.2, -0.15) is 23.5 Å². The van der Waals surface area contributed by atoms with E-state index in [0.29, 0.717) is 4.75 Å². The predicted molar refractivity (Wildman–Crippen MR) is 119 cm³/mol. The van der Waals surface area contributed by atoms with Crippen molar-refractivity contribution in [2.75, 3.05) is 48.3 Å². The van der Waals surface area contributed by atoms with Crippen LogP contribution in [0, 0.1) is 0 Å². The maximum Gasteiger partial charge on any atom is 0.191 e. The number of nitrogens with one attached hydrogen (secondary N) is 2. The summed E-state index contributed by atoms with van der Waals surface area (Å²) in [6.45, 7) is 9.39. The van der Waals surface area contributed by atoms with E-state index in [1.165, 1.54) is 41.4 Å². The first-order valence-corrected chi connectivity index (χ1v) is 11.9. The topological polar surface area (TPSA) is 39.7 Å². The second kappa shape index (κ2) is 9.79. The highest BCUT2D eigenvalue weighted by molar-refractivity contribution is 8.00. The minimum atomic E-state index is 0.352. The van der Waals surface area contributed by atoms with Gasteiger partial charge in [0, 0.05) is 48.1 Å². The van der Waals surface area contributed by atoms with Crippen LogP contribution in [0.4, 0.5) is 5.69 Å². The number of hydrogen-bond acceptors (Lipinski definition) is 4. The summed E-state index contributed by atoms with van der Waals surface area (Å²) in [5.74, 6) is 4.69. The number of aliphatic imine (C=N–C) groups is 1. The lowest BCUT2D eigenvalue weighted by atomic mass is 10.1. The number of anilines is 1. The summed E-state index contributed by atoms with van der Waals surface area (Å²) in [4.78, 5) is 7.27. The van der Waals surface area contributed by atoms with Crippen LogP contribution in [0.3, 0.4) is 0 Å².